The monoisotopic (exact) mass is 293 g/mol. The number of sulfonamides is 1. The Bertz CT molecular complexity index is 637. The third kappa shape index (κ3) is 3.83. The maximum Gasteiger partial charge on any atom is 0.241 e. The fraction of sp³-hybridized carbons (Fsp3) is 0.467. The molecule has 5 heteroatoms. The van der Waals surface area contributed by atoms with Crippen molar-refractivity contribution in [1.29, 1.82) is 0 Å². The van der Waals surface area contributed by atoms with E-state index in [4.69, 9.17) is 5.11 Å². The molecule has 1 saturated carbocycles. The van der Waals surface area contributed by atoms with E-state index in [0.29, 0.717) is 18.5 Å². The zero-order chi connectivity index (χ0) is 14.6. The molecule has 4 nitrogen and oxygen atoms in total. The van der Waals surface area contributed by atoms with Crippen molar-refractivity contribution >= 4 is 10.0 Å². The lowest BCUT2D eigenvalue weighted by Gasteiger charge is -2.12. The van der Waals surface area contributed by atoms with Crippen molar-refractivity contribution in [2.45, 2.75) is 31.1 Å². The first-order valence-electron chi connectivity index (χ1n) is 6.65. The molecule has 1 fully saturated rings. The fourth-order valence-corrected chi connectivity index (χ4v) is 3.12. The molecule has 2 rings (SSSR count). The van der Waals surface area contributed by atoms with Gasteiger partial charge in [0, 0.05) is 18.5 Å². The summed E-state index contributed by atoms with van der Waals surface area (Å²) < 4.78 is 27.3. The molecular weight excluding hydrogens is 274 g/mol. The standard InChI is InChI=1S/C15H19NO3S/c1-15(9-10-15)12-16-20(18,19)14-8-3-2-6-13(14)7-4-5-11-17/h2-3,6,8,16-17H,5,9-12H2,1H3. The molecule has 0 radical (unpaired) electrons. The van der Waals surface area contributed by atoms with Gasteiger partial charge in [0.25, 0.3) is 0 Å². The zero-order valence-corrected chi connectivity index (χ0v) is 12.3. The van der Waals surface area contributed by atoms with Crippen molar-refractivity contribution in [2.75, 3.05) is 13.2 Å². The number of hydrogen-bond acceptors (Lipinski definition) is 3. The smallest absolute Gasteiger partial charge is 0.241 e. The van der Waals surface area contributed by atoms with Crippen LogP contribution in [0, 0.1) is 17.3 Å². The molecule has 20 heavy (non-hydrogen) atoms. The highest BCUT2D eigenvalue weighted by molar-refractivity contribution is 7.89. The van der Waals surface area contributed by atoms with Crippen molar-refractivity contribution in [2.24, 2.45) is 5.41 Å². The van der Waals surface area contributed by atoms with Crippen molar-refractivity contribution in [3.63, 3.8) is 0 Å². The maximum atomic E-state index is 12.3. The zero-order valence-electron chi connectivity index (χ0n) is 11.5. The van der Waals surface area contributed by atoms with Crippen LogP contribution in [0.25, 0.3) is 0 Å². The second-order valence-electron chi connectivity index (χ2n) is 5.41. The molecule has 0 aromatic heterocycles. The van der Waals surface area contributed by atoms with Gasteiger partial charge in [-0.2, -0.15) is 0 Å². The van der Waals surface area contributed by atoms with Crippen LogP contribution in [0.4, 0.5) is 0 Å². The highest BCUT2D eigenvalue weighted by atomic mass is 32.2. The highest BCUT2D eigenvalue weighted by Gasteiger charge is 2.38. The van der Waals surface area contributed by atoms with Gasteiger partial charge in [-0.25, -0.2) is 13.1 Å². The Hall–Kier alpha value is -1.35. The Kier molecular flexibility index (Phi) is 4.48. The Labute approximate surface area is 120 Å². The first kappa shape index (κ1) is 15.0. The second-order valence-corrected chi connectivity index (χ2v) is 7.14. The average molecular weight is 293 g/mol. The molecule has 0 atom stereocenters. The quantitative estimate of drug-likeness (QED) is 0.809. The normalized spacial score (nSPS) is 16.3. The van der Waals surface area contributed by atoms with E-state index in [1.54, 1.807) is 24.3 Å². The third-order valence-corrected chi connectivity index (χ3v) is 4.89. The predicted octanol–water partition coefficient (Wildman–Crippen LogP) is 1.50. The molecule has 1 aliphatic rings. The fourth-order valence-electron chi connectivity index (χ4n) is 1.76. The molecule has 0 saturated heterocycles. The molecule has 1 aliphatic carbocycles. The maximum absolute atomic E-state index is 12.3. The Morgan fingerprint density at radius 2 is 2.05 bits per heavy atom. The van der Waals surface area contributed by atoms with E-state index in [1.165, 1.54) is 0 Å². The van der Waals surface area contributed by atoms with Crippen LogP contribution >= 0.6 is 0 Å². The Balaban J connectivity index is 2.20. The number of rotatable bonds is 5. The number of hydrogen-bond donors (Lipinski definition) is 2. The van der Waals surface area contributed by atoms with Crippen LogP contribution in [-0.4, -0.2) is 26.7 Å². The highest BCUT2D eigenvalue weighted by Crippen LogP contribution is 2.44. The predicted molar refractivity (Wildman–Crippen MR) is 77.6 cm³/mol. The van der Waals surface area contributed by atoms with Crippen LogP contribution in [0.3, 0.4) is 0 Å². The van der Waals surface area contributed by atoms with Gasteiger partial charge in [0.1, 0.15) is 0 Å². The number of benzene rings is 1. The minimum Gasteiger partial charge on any atom is -0.395 e. The van der Waals surface area contributed by atoms with Crippen LogP contribution in [0.15, 0.2) is 29.2 Å². The summed E-state index contributed by atoms with van der Waals surface area (Å²) in [6.45, 7) is 2.51. The van der Waals surface area contributed by atoms with Crippen molar-refractivity contribution < 1.29 is 13.5 Å². The first-order chi connectivity index (χ1) is 9.47. The van der Waals surface area contributed by atoms with E-state index < -0.39 is 10.0 Å². The van der Waals surface area contributed by atoms with Crippen LogP contribution in [-0.2, 0) is 10.0 Å². The van der Waals surface area contributed by atoms with Crippen molar-refractivity contribution in [3.05, 3.63) is 29.8 Å². The Morgan fingerprint density at radius 1 is 1.35 bits per heavy atom. The molecular formula is C15H19NO3S. The van der Waals surface area contributed by atoms with E-state index in [9.17, 15) is 8.42 Å². The molecule has 0 unspecified atom stereocenters. The minimum atomic E-state index is -3.54. The lowest BCUT2D eigenvalue weighted by atomic mass is 10.2. The van der Waals surface area contributed by atoms with E-state index in [1.807, 2.05) is 0 Å². The molecule has 1 aromatic carbocycles. The summed E-state index contributed by atoms with van der Waals surface area (Å²) >= 11 is 0. The van der Waals surface area contributed by atoms with Crippen LogP contribution < -0.4 is 4.72 Å². The number of aliphatic hydroxyl groups is 1. The van der Waals surface area contributed by atoms with E-state index in [2.05, 4.69) is 23.5 Å². The minimum absolute atomic E-state index is 0.0292. The topological polar surface area (TPSA) is 66.4 Å². The molecule has 1 aromatic rings. The average Bonchev–Trinajstić information content (AvgIpc) is 3.16. The lowest BCUT2D eigenvalue weighted by Crippen LogP contribution is -2.29. The number of aliphatic hydroxyl groups excluding tert-OH is 1. The van der Waals surface area contributed by atoms with Gasteiger partial charge in [-0.1, -0.05) is 30.9 Å². The molecule has 0 amide bonds. The van der Waals surface area contributed by atoms with E-state index >= 15 is 0 Å². The molecule has 0 spiro atoms. The van der Waals surface area contributed by atoms with Gasteiger partial charge >= 0.3 is 0 Å². The SMILES string of the molecule is CC1(CNS(=O)(=O)c2ccccc2C#CCCO)CC1. The molecule has 2 N–H and O–H groups in total. The second kappa shape index (κ2) is 5.96. The lowest BCUT2D eigenvalue weighted by molar-refractivity contribution is 0.305. The summed E-state index contributed by atoms with van der Waals surface area (Å²) in [5.74, 6) is 5.56. The van der Waals surface area contributed by atoms with Crippen molar-refractivity contribution in [3.8, 4) is 11.8 Å². The summed E-state index contributed by atoms with van der Waals surface area (Å²) in [7, 11) is -3.54. The summed E-state index contributed by atoms with van der Waals surface area (Å²) in [5.41, 5.74) is 0.583. The largest absolute Gasteiger partial charge is 0.395 e. The van der Waals surface area contributed by atoms with Gasteiger partial charge in [0.05, 0.1) is 11.5 Å². The van der Waals surface area contributed by atoms with Gasteiger partial charge in [0.2, 0.25) is 10.0 Å². The van der Waals surface area contributed by atoms with Crippen LogP contribution in [0.5, 0.6) is 0 Å². The van der Waals surface area contributed by atoms with Crippen LogP contribution in [0.1, 0.15) is 31.7 Å². The summed E-state index contributed by atoms with van der Waals surface area (Å²) in [6, 6.07) is 6.67. The van der Waals surface area contributed by atoms with E-state index in [0.717, 1.165) is 12.8 Å². The summed E-state index contributed by atoms with van der Waals surface area (Å²) in [6.07, 6.45) is 2.46. The van der Waals surface area contributed by atoms with Gasteiger partial charge in [0.15, 0.2) is 0 Å². The third-order valence-electron chi connectivity index (χ3n) is 3.43. The first-order valence-corrected chi connectivity index (χ1v) is 8.14. The van der Waals surface area contributed by atoms with Gasteiger partial charge in [-0.15, -0.1) is 0 Å². The summed E-state index contributed by atoms with van der Waals surface area (Å²) in [5, 5.41) is 8.72. The van der Waals surface area contributed by atoms with Gasteiger partial charge in [-0.05, 0) is 30.4 Å². The van der Waals surface area contributed by atoms with Crippen LogP contribution in [0.2, 0.25) is 0 Å². The summed E-state index contributed by atoms with van der Waals surface area (Å²) in [4.78, 5) is 0.203. The van der Waals surface area contributed by atoms with Gasteiger partial charge < -0.3 is 5.11 Å². The molecule has 0 heterocycles. The Morgan fingerprint density at radius 3 is 2.70 bits per heavy atom. The van der Waals surface area contributed by atoms with Gasteiger partial charge in [-0.3, -0.25) is 0 Å². The van der Waals surface area contributed by atoms with E-state index in [-0.39, 0.29) is 16.9 Å². The molecule has 0 aliphatic heterocycles. The number of nitrogens with one attached hydrogen (secondary N) is 1. The van der Waals surface area contributed by atoms with Crippen molar-refractivity contribution in [1.82, 2.24) is 4.72 Å². The molecule has 108 valence electrons. The molecule has 0 bridgehead atoms.